The third kappa shape index (κ3) is 1.64. The van der Waals surface area contributed by atoms with Crippen molar-refractivity contribution >= 4 is 11.7 Å². The summed E-state index contributed by atoms with van der Waals surface area (Å²) in [6, 6.07) is 9.19. The largest absolute Gasteiger partial charge is 0.337 e. The van der Waals surface area contributed by atoms with E-state index in [0.29, 0.717) is 5.56 Å². The smallest absolute Gasteiger partial charge is 0.237 e. The number of fused-ring (bicyclic) bond motifs is 1. The molecular weight excluding hydrogens is 238 g/mol. The van der Waals surface area contributed by atoms with Crippen molar-refractivity contribution in [1.82, 2.24) is 4.90 Å². The van der Waals surface area contributed by atoms with Gasteiger partial charge in [0.2, 0.25) is 5.91 Å². The number of ketones is 1. The summed E-state index contributed by atoms with van der Waals surface area (Å²) >= 11 is 0. The lowest BCUT2D eigenvalue weighted by Gasteiger charge is -2.34. The van der Waals surface area contributed by atoms with Gasteiger partial charge in [0.25, 0.3) is 0 Å². The molecule has 0 N–H and O–H groups in total. The molecule has 2 atom stereocenters. The Morgan fingerprint density at radius 1 is 1.26 bits per heavy atom. The average Bonchev–Trinajstić information content (AvgIpc) is 3.03. The molecule has 1 aromatic carbocycles. The second-order valence-electron chi connectivity index (χ2n) is 6.65. The van der Waals surface area contributed by atoms with E-state index in [1.54, 1.807) is 12.1 Å². The number of likely N-dealkylation sites (tertiary alicyclic amines) is 1. The predicted molar refractivity (Wildman–Crippen MR) is 72.8 cm³/mol. The van der Waals surface area contributed by atoms with Crippen LogP contribution in [0.2, 0.25) is 0 Å². The van der Waals surface area contributed by atoms with E-state index in [2.05, 4.69) is 0 Å². The van der Waals surface area contributed by atoms with Crippen molar-refractivity contribution in [3.05, 3.63) is 35.9 Å². The minimum absolute atomic E-state index is 0.00912. The Morgan fingerprint density at radius 3 is 2.42 bits per heavy atom. The fourth-order valence-corrected chi connectivity index (χ4v) is 3.16. The Hall–Kier alpha value is -1.64. The number of rotatable bonds is 2. The molecule has 2 fully saturated rings. The van der Waals surface area contributed by atoms with Crippen molar-refractivity contribution in [2.75, 3.05) is 6.54 Å². The molecule has 2 aliphatic rings. The normalized spacial score (nSPS) is 29.3. The summed E-state index contributed by atoms with van der Waals surface area (Å²) in [5.74, 6) is 0.251. The molecule has 1 aromatic rings. The van der Waals surface area contributed by atoms with E-state index < -0.39 is 5.41 Å². The molecule has 0 aromatic heterocycles. The van der Waals surface area contributed by atoms with Gasteiger partial charge in [-0.25, -0.2) is 0 Å². The van der Waals surface area contributed by atoms with E-state index in [1.807, 2.05) is 43.9 Å². The number of hydrogen-bond acceptors (Lipinski definition) is 2. The van der Waals surface area contributed by atoms with Crippen molar-refractivity contribution in [3.63, 3.8) is 0 Å². The zero-order valence-electron chi connectivity index (χ0n) is 11.6. The van der Waals surface area contributed by atoms with Crippen LogP contribution in [0.5, 0.6) is 0 Å². The van der Waals surface area contributed by atoms with Gasteiger partial charge in [-0.15, -0.1) is 0 Å². The van der Waals surface area contributed by atoms with Crippen LogP contribution < -0.4 is 0 Å². The highest BCUT2D eigenvalue weighted by Crippen LogP contribution is 2.61. The summed E-state index contributed by atoms with van der Waals surface area (Å²) in [6.07, 6.45) is 0.728. The van der Waals surface area contributed by atoms with E-state index in [4.69, 9.17) is 0 Å². The molecule has 0 unspecified atom stereocenters. The van der Waals surface area contributed by atoms with Crippen LogP contribution in [0, 0.1) is 11.3 Å². The third-order valence-corrected chi connectivity index (χ3v) is 4.39. The molecule has 1 saturated carbocycles. The van der Waals surface area contributed by atoms with E-state index in [0.717, 1.165) is 13.0 Å². The Bertz CT molecular complexity index is 544. The number of amides is 1. The molecule has 0 spiro atoms. The molecule has 1 heterocycles. The summed E-state index contributed by atoms with van der Waals surface area (Å²) < 4.78 is 0. The van der Waals surface area contributed by atoms with Gasteiger partial charge >= 0.3 is 0 Å². The second kappa shape index (κ2) is 3.69. The summed E-state index contributed by atoms with van der Waals surface area (Å²) in [5.41, 5.74) is -0.280. The number of carbonyl (C=O) groups excluding carboxylic acids is 2. The third-order valence-electron chi connectivity index (χ3n) is 4.39. The van der Waals surface area contributed by atoms with Gasteiger partial charge < -0.3 is 4.90 Å². The molecule has 1 aliphatic carbocycles. The zero-order valence-corrected chi connectivity index (χ0v) is 11.6. The highest BCUT2D eigenvalue weighted by molar-refractivity contribution is 6.18. The van der Waals surface area contributed by atoms with Crippen molar-refractivity contribution in [2.24, 2.45) is 11.3 Å². The summed E-state index contributed by atoms with van der Waals surface area (Å²) in [4.78, 5) is 27.1. The molecule has 1 amide bonds. The van der Waals surface area contributed by atoms with Crippen LogP contribution in [0.15, 0.2) is 30.3 Å². The molecule has 100 valence electrons. The maximum absolute atomic E-state index is 12.6. The lowest BCUT2D eigenvalue weighted by Crippen LogP contribution is -2.46. The lowest BCUT2D eigenvalue weighted by atomic mass is 9.92. The SMILES string of the molecule is CC(C)(C)N1C[C@@H]2C[C@]2(C(=O)c2ccccc2)C1=O. The van der Waals surface area contributed by atoms with E-state index in [9.17, 15) is 9.59 Å². The standard InChI is InChI=1S/C16H19NO2/c1-15(2,3)17-10-12-9-16(12,14(17)19)13(18)11-7-5-4-6-8-11/h4-8,12H,9-10H2,1-3H3/t12-,16-/m0/s1. The van der Waals surface area contributed by atoms with Crippen LogP contribution in [-0.2, 0) is 4.79 Å². The van der Waals surface area contributed by atoms with Crippen molar-refractivity contribution in [1.29, 1.82) is 0 Å². The first-order valence-electron chi connectivity index (χ1n) is 6.79. The van der Waals surface area contributed by atoms with E-state index in [-0.39, 0.29) is 23.1 Å². The van der Waals surface area contributed by atoms with Gasteiger partial charge in [-0.2, -0.15) is 0 Å². The van der Waals surface area contributed by atoms with Gasteiger partial charge in [0.1, 0.15) is 5.41 Å². The van der Waals surface area contributed by atoms with Crippen molar-refractivity contribution < 1.29 is 9.59 Å². The molecule has 3 heteroatoms. The highest BCUT2D eigenvalue weighted by atomic mass is 16.2. The highest BCUT2D eigenvalue weighted by Gasteiger charge is 2.71. The summed E-state index contributed by atoms with van der Waals surface area (Å²) in [5, 5.41) is 0. The van der Waals surface area contributed by atoms with Crippen molar-refractivity contribution in [3.8, 4) is 0 Å². The van der Waals surface area contributed by atoms with Crippen LogP contribution in [-0.4, -0.2) is 28.7 Å². The number of piperidine rings is 1. The number of benzene rings is 1. The van der Waals surface area contributed by atoms with Gasteiger partial charge in [0.05, 0.1) is 0 Å². The van der Waals surface area contributed by atoms with Gasteiger partial charge in [-0.05, 0) is 33.1 Å². The molecule has 3 nitrogen and oxygen atoms in total. The summed E-state index contributed by atoms with van der Waals surface area (Å²) in [6.45, 7) is 6.80. The number of hydrogen-bond donors (Lipinski definition) is 0. The first kappa shape index (κ1) is 12.4. The van der Waals surface area contributed by atoms with Crippen LogP contribution in [0.3, 0.4) is 0 Å². The Morgan fingerprint density at radius 2 is 1.89 bits per heavy atom. The topological polar surface area (TPSA) is 37.4 Å². The Balaban J connectivity index is 1.92. The van der Waals surface area contributed by atoms with Crippen LogP contribution in [0.25, 0.3) is 0 Å². The second-order valence-corrected chi connectivity index (χ2v) is 6.65. The summed E-state index contributed by atoms with van der Waals surface area (Å²) in [7, 11) is 0. The molecule has 0 radical (unpaired) electrons. The minimum atomic E-state index is -0.741. The maximum atomic E-state index is 12.6. The van der Waals surface area contributed by atoms with Gasteiger partial charge in [-0.1, -0.05) is 30.3 Å². The first-order chi connectivity index (χ1) is 8.87. The number of nitrogens with zero attached hydrogens (tertiary/aromatic N) is 1. The maximum Gasteiger partial charge on any atom is 0.237 e. The van der Waals surface area contributed by atoms with Gasteiger partial charge in [0.15, 0.2) is 5.78 Å². The van der Waals surface area contributed by atoms with Crippen LogP contribution in [0.1, 0.15) is 37.6 Å². The molecule has 1 saturated heterocycles. The van der Waals surface area contributed by atoms with E-state index >= 15 is 0 Å². The fourth-order valence-electron chi connectivity index (χ4n) is 3.16. The van der Waals surface area contributed by atoms with Crippen molar-refractivity contribution in [2.45, 2.75) is 32.7 Å². The predicted octanol–water partition coefficient (Wildman–Crippen LogP) is 2.52. The monoisotopic (exact) mass is 257 g/mol. The Labute approximate surface area is 113 Å². The number of Topliss-reactive ketones (excluding diaryl/α,β-unsaturated/α-hetero) is 1. The average molecular weight is 257 g/mol. The molecule has 3 rings (SSSR count). The minimum Gasteiger partial charge on any atom is -0.337 e. The quantitative estimate of drug-likeness (QED) is 0.603. The molecule has 19 heavy (non-hydrogen) atoms. The molecule has 0 bridgehead atoms. The van der Waals surface area contributed by atoms with Crippen LogP contribution >= 0.6 is 0 Å². The zero-order chi connectivity index (χ0) is 13.8. The van der Waals surface area contributed by atoms with Gasteiger partial charge in [0, 0.05) is 17.6 Å². The van der Waals surface area contributed by atoms with Gasteiger partial charge in [-0.3, -0.25) is 9.59 Å². The molecule has 1 aliphatic heterocycles. The lowest BCUT2D eigenvalue weighted by molar-refractivity contribution is -0.136. The van der Waals surface area contributed by atoms with Crippen LogP contribution in [0.4, 0.5) is 0 Å². The first-order valence-corrected chi connectivity index (χ1v) is 6.79. The number of carbonyl (C=O) groups is 2. The Kier molecular flexibility index (Phi) is 2.40. The molecular formula is C16H19NO2. The van der Waals surface area contributed by atoms with E-state index in [1.165, 1.54) is 0 Å². The fraction of sp³-hybridized carbons (Fsp3) is 0.500.